The molecule has 0 aliphatic heterocycles. The molecule has 0 saturated heterocycles. The van der Waals surface area contributed by atoms with Gasteiger partial charge in [-0.15, -0.1) is 0 Å². The highest BCUT2D eigenvalue weighted by Gasteiger charge is 1.97. The Labute approximate surface area is 93.3 Å². The summed E-state index contributed by atoms with van der Waals surface area (Å²) in [6, 6.07) is 0. The van der Waals surface area contributed by atoms with E-state index < -0.39 is 0 Å². The van der Waals surface area contributed by atoms with Crippen LogP contribution in [0.25, 0.3) is 0 Å². The van der Waals surface area contributed by atoms with Gasteiger partial charge in [0, 0.05) is 7.11 Å². The van der Waals surface area contributed by atoms with Gasteiger partial charge in [-0.25, -0.2) is 0 Å². The number of methoxy groups -OCH3 is 1. The maximum atomic E-state index is 5.62. The Hall–Kier alpha value is -0.910. The fraction of sp³-hybridized carbons (Fsp3) is 0.556. The van der Waals surface area contributed by atoms with Crippen LogP contribution in [0, 0.1) is 0 Å². The van der Waals surface area contributed by atoms with Gasteiger partial charge in [-0.2, -0.15) is 4.98 Å². The monoisotopic (exact) mass is 232 g/mol. The van der Waals surface area contributed by atoms with Crippen molar-refractivity contribution in [3.63, 3.8) is 0 Å². The third kappa shape index (κ3) is 5.51. The predicted molar refractivity (Wildman–Crippen MR) is 55.2 cm³/mol. The first-order valence-corrected chi connectivity index (χ1v) is 4.87. The molecule has 6 heteroatoms. The van der Waals surface area contributed by atoms with Crippen molar-refractivity contribution >= 4 is 11.6 Å². The molecule has 0 radical (unpaired) electrons. The minimum absolute atomic E-state index is 0.313. The lowest BCUT2D eigenvalue weighted by Gasteiger charge is -2.05. The highest BCUT2D eigenvalue weighted by Crippen LogP contribution is 2.08. The molecule has 0 aliphatic carbocycles. The molecule has 0 N–H and O–H groups in total. The summed E-state index contributed by atoms with van der Waals surface area (Å²) in [6.07, 6.45) is 2.95. The molecule has 0 saturated carbocycles. The Kier molecular flexibility index (Phi) is 5.99. The van der Waals surface area contributed by atoms with Gasteiger partial charge < -0.3 is 14.2 Å². The van der Waals surface area contributed by atoms with Gasteiger partial charge in [-0.05, 0) is 0 Å². The Morgan fingerprint density at radius 1 is 1.20 bits per heavy atom. The molecule has 84 valence electrons. The Balaban J connectivity index is 2.10. The van der Waals surface area contributed by atoms with Crippen molar-refractivity contribution < 1.29 is 14.2 Å². The van der Waals surface area contributed by atoms with Crippen LogP contribution in [-0.4, -0.2) is 43.5 Å². The van der Waals surface area contributed by atoms with Crippen LogP contribution in [-0.2, 0) is 9.47 Å². The van der Waals surface area contributed by atoms with Crippen molar-refractivity contribution in [3.8, 4) is 5.88 Å². The predicted octanol–water partition coefficient (Wildman–Crippen LogP) is 1.17. The molecular weight excluding hydrogens is 220 g/mol. The smallest absolute Gasteiger partial charge is 0.233 e. The Morgan fingerprint density at radius 2 is 2.00 bits per heavy atom. The first kappa shape index (κ1) is 12.2. The molecule has 0 spiro atoms. The molecule has 1 rings (SSSR count). The molecule has 0 aliphatic rings. The van der Waals surface area contributed by atoms with Crippen molar-refractivity contribution in [2.75, 3.05) is 33.5 Å². The lowest BCUT2D eigenvalue weighted by molar-refractivity contribution is 0.0536. The van der Waals surface area contributed by atoms with E-state index in [1.165, 1.54) is 12.4 Å². The van der Waals surface area contributed by atoms with E-state index in [4.69, 9.17) is 25.8 Å². The van der Waals surface area contributed by atoms with Gasteiger partial charge in [-0.3, -0.25) is 4.98 Å². The molecule has 0 aromatic carbocycles. The molecule has 15 heavy (non-hydrogen) atoms. The van der Waals surface area contributed by atoms with E-state index in [-0.39, 0.29) is 0 Å². The van der Waals surface area contributed by atoms with Crippen LogP contribution in [0.4, 0.5) is 0 Å². The largest absolute Gasteiger partial charge is 0.474 e. The lowest BCUT2D eigenvalue weighted by Crippen LogP contribution is -2.10. The van der Waals surface area contributed by atoms with Crippen molar-refractivity contribution in [2.24, 2.45) is 0 Å². The van der Waals surface area contributed by atoms with E-state index in [0.717, 1.165) is 0 Å². The second-order valence-corrected chi connectivity index (χ2v) is 3.02. The van der Waals surface area contributed by atoms with E-state index in [0.29, 0.717) is 37.5 Å². The highest BCUT2D eigenvalue weighted by atomic mass is 35.5. The van der Waals surface area contributed by atoms with Gasteiger partial charge in [-0.1, -0.05) is 11.6 Å². The quantitative estimate of drug-likeness (QED) is 0.661. The summed E-state index contributed by atoms with van der Waals surface area (Å²) in [5, 5.41) is 0.313. The molecule has 0 bridgehead atoms. The fourth-order valence-electron chi connectivity index (χ4n) is 0.845. The standard InChI is InChI=1S/C9H13ClN2O3/c1-13-2-3-14-4-5-15-9-7-11-6-8(10)12-9/h6-7H,2-5H2,1H3. The van der Waals surface area contributed by atoms with Crippen LogP contribution in [0.2, 0.25) is 5.15 Å². The molecule has 0 unspecified atom stereocenters. The zero-order valence-electron chi connectivity index (χ0n) is 8.48. The molecule has 0 fully saturated rings. The Bertz CT molecular complexity index is 286. The highest BCUT2D eigenvalue weighted by molar-refractivity contribution is 6.29. The van der Waals surface area contributed by atoms with Gasteiger partial charge in [0.15, 0.2) is 5.15 Å². The van der Waals surface area contributed by atoms with Gasteiger partial charge in [0.05, 0.1) is 32.2 Å². The topological polar surface area (TPSA) is 53.5 Å². The van der Waals surface area contributed by atoms with Gasteiger partial charge in [0.25, 0.3) is 0 Å². The lowest BCUT2D eigenvalue weighted by atomic mass is 10.7. The second-order valence-electron chi connectivity index (χ2n) is 2.63. The second kappa shape index (κ2) is 7.39. The molecule has 1 aromatic rings. The van der Waals surface area contributed by atoms with Crippen molar-refractivity contribution in [3.05, 3.63) is 17.5 Å². The number of hydrogen-bond acceptors (Lipinski definition) is 5. The molecule has 0 amide bonds. The minimum atomic E-state index is 0.313. The average molecular weight is 233 g/mol. The van der Waals surface area contributed by atoms with Crippen LogP contribution >= 0.6 is 11.6 Å². The normalized spacial score (nSPS) is 10.3. The molecular formula is C9H13ClN2O3. The molecule has 1 heterocycles. The summed E-state index contributed by atoms with van der Waals surface area (Å²) >= 11 is 5.62. The average Bonchev–Trinajstić information content (AvgIpc) is 2.23. The van der Waals surface area contributed by atoms with E-state index in [1.54, 1.807) is 7.11 Å². The van der Waals surface area contributed by atoms with E-state index >= 15 is 0 Å². The van der Waals surface area contributed by atoms with Gasteiger partial charge in [0.1, 0.15) is 6.61 Å². The van der Waals surface area contributed by atoms with Crippen molar-refractivity contribution in [1.82, 2.24) is 9.97 Å². The van der Waals surface area contributed by atoms with Crippen molar-refractivity contribution in [2.45, 2.75) is 0 Å². The minimum Gasteiger partial charge on any atom is -0.474 e. The van der Waals surface area contributed by atoms with E-state index in [2.05, 4.69) is 9.97 Å². The number of hydrogen-bond donors (Lipinski definition) is 0. The van der Waals surface area contributed by atoms with Crippen LogP contribution in [0.15, 0.2) is 12.4 Å². The van der Waals surface area contributed by atoms with Gasteiger partial charge >= 0.3 is 0 Å². The Morgan fingerprint density at radius 3 is 2.73 bits per heavy atom. The maximum Gasteiger partial charge on any atom is 0.233 e. The van der Waals surface area contributed by atoms with Crippen molar-refractivity contribution in [1.29, 1.82) is 0 Å². The number of aromatic nitrogens is 2. The summed E-state index contributed by atoms with van der Waals surface area (Å²) in [6.45, 7) is 2.04. The summed E-state index contributed by atoms with van der Waals surface area (Å²) in [5.74, 6) is 0.401. The first-order valence-electron chi connectivity index (χ1n) is 4.50. The number of halogens is 1. The molecule has 1 aromatic heterocycles. The van der Waals surface area contributed by atoms with E-state index in [1.807, 2.05) is 0 Å². The first-order chi connectivity index (χ1) is 7.33. The zero-order valence-corrected chi connectivity index (χ0v) is 9.24. The summed E-state index contributed by atoms with van der Waals surface area (Å²) in [4.78, 5) is 7.74. The third-order valence-electron chi connectivity index (χ3n) is 1.49. The van der Waals surface area contributed by atoms with E-state index in [9.17, 15) is 0 Å². The van der Waals surface area contributed by atoms with Crippen LogP contribution in [0.3, 0.4) is 0 Å². The van der Waals surface area contributed by atoms with Crippen LogP contribution < -0.4 is 4.74 Å². The maximum absolute atomic E-state index is 5.62. The summed E-state index contributed by atoms with van der Waals surface area (Å²) in [7, 11) is 1.63. The SMILES string of the molecule is COCCOCCOc1cncc(Cl)n1. The van der Waals surface area contributed by atoms with Crippen LogP contribution in [0.1, 0.15) is 0 Å². The molecule has 5 nitrogen and oxygen atoms in total. The summed E-state index contributed by atoms with van der Waals surface area (Å²) in [5.41, 5.74) is 0. The van der Waals surface area contributed by atoms with Gasteiger partial charge in [0.2, 0.25) is 5.88 Å². The fourth-order valence-corrected chi connectivity index (χ4v) is 0.984. The summed E-state index contributed by atoms with van der Waals surface area (Å²) < 4.78 is 15.3. The number of rotatable bonds is 7. The van der Waals surface area contributed by atoms with Crippen LogP contribution in [0.5, 0.6) is 5.88 Å². The number of ether oxygens (including phenoxy) is 3. The zero-order chi connectivity index (χ0) is 10.9. The number of nitrogens with zero attached hydrogens (tertiary/aromatic N) is 2. The molecule has 0 atom stereocenters. The third-order valence-corrected chi connectivity index (χ3v) is 1.67.